The van der Waals surface area contributed by atoms with Crippen molar-refractivity contribution >= 4 is 11.7 Å². The molecule has 1 aliphatic rings. The van der Waals surface area contributed by atoms with Crippen LogP contribution in [0, 0.1) is 0 Å². The zero-order valence-corrected chi connectivity index (χ0v) is 12.6. The number of hydrogen-bond donors (Lipinski definition) is 1. The first-order valence-electron chi connectivity index (χ1n) is 6.97. The zero-order chi connectivity index (χ0) is 16.6. The molecule has 1 N–H and O–H groups in total. The lowest BCUT2D eigenvalue weighted by molar-refractivity contribution is -0.128. The Kier molecular flexibility index (Phi) is 3.65. The highest BCUT2D eigenvalue weighted by molar-refractivity contribution is 6.14. The summed E-state index contributed by atoms with van der Waals surface area (Å²) in [6, 6.07) is 9.39. The molecule has 118 valence electrons. The van der Waals surface area contributed by atoms with Gasteiger partial charge >= 0.3 is 0 Å². The van der Waals surface area contributed by atoms with E-state index in [9.17, 15) is 14.7 Å². The molecule has 1 amide bonds. The molecule has 0 aliphatic carbocycles. The molecule has 0 fully saturated rings. The highest BCUT2D eigenvalue weighted by atomic mass is 16.5. The predicted octanol–water partition coefficient (Wildman–Crippen LogP) is 2.50. The summed E-state index contributed by atoms with van der Waals surface area (Å²) in [7, 11) is 3.07. The first-order valence-corrected chi connectivity index (χ1v) is 6.97. The number of ketones is 1. The van der Waals surface area contributed by atoms with Crippen LogP contribution < -0.4 is 4.74 Å². The number of hydrogen-bond acceptors (Lipinski definition) is 5. The van der Waals surface area contributed by atoms with E-state index in [2.05, 4.69) is 0 Å². The van der Waals surface area contributed by atoms with Crippen molar-refractivity contribution in [2.45, 2.75) is 6.04 Å². The van der Waals surface area contributed by atoms with E-state index in [-0.39, 0.29) is 11.3 Å². The summed E-state index contributed by atoms with van der Waals surface area (Å²) >= 11 is 0. The molecule has 6 heteroatoms. The minimum atomic E-state index is -0.699. The van der Waals surface area contributed by atoms with E-state index in [1.807, 2.05) is 0 Å². The molecular formula is C17H15NO5. The van der Waals surface area contributed by atoms with Crippen LogP contribution in [0.2, 0.25) is 0 Å². The monoisotopic (exact) mass is 313 g/mol. The van der Waals surface area contributed by atoms with Crippen LogP contribution in [0.3, 0.4) is 0 Å². The van der Waals surface area contributed by atoms with Gasteiger partial charge in [0.25, 0.3) is 5.91 Å². The molecule has 0 radical (unpaired) electrons. The lowest BCUT2D eigenvalue weighted by atomic mass is 9.95. The van der Waals surface area contributed by atoms with E-state index in [4.69, 9.17) is 9.15 Å². The Morgan fingerprint density at radius 1 is 1.30 bits per heavy atom. The molecule has 1 atom stereocenters. The van der Waals surface area contributed by atoms with Crippen molar-refractivity contribution in [2.24, 2.45) is 0 Å². The van der Waals surface area contributed by atoms with Crippen LogP contribution in [0.15, 0.2) is 58.4 Å². The second-order valence-electron chi connectivity index (χ2n) is 5.16. The maximum Gasteiger partial charge on any atom is 0.289 e. The minimum absolute atomic E-state index is 0.000651. The highest BCUT2D eigenvalue weighted by Crippen LogP contribution is 2.38. The molecule has 1 aliphatic heterocycles. The van der Waals surface area contributed by atoms with Gasteiger partial charge in [-0.05, 0) is 29.8 Å². The van der Waals surface area contributed by atoms with Crippen LogP contribution in [0.1, 0.15) is 22.2 Å². The van der Waals surface area contributed by atoms with E-state index < -0.39 is 23.5 Å². The molecule has 0 bridgehead atoms. The first kappa shape index (κ1) is 14.9. The van der Waals surface area contributed by atoms with E-state index in [1.54, 1.807) is 30.3 Å². The third kappa shape index (κ3) is 2.38. The minimum Gasteiger partial charge on any atom is -0.503 e. The number of aliphatic hydroxyl groups is 1. The first-order chi connectivity index (χ1) is 11.0. The number of ether oxygens (including phenoxy) is 1. The smallest absolute Gasteiger partial charge is 0.289 e. The molecule has 2 heterocycles. The van der Waals surface area contributed by atoms with Gasteiger partial charge < -0.3 is 19.2 Å². The van der Waals surface area contributed by atoms with Crippen LogP contribution in [-0.2, 0) is 4.79 Å². The number of rotatable bonds is 4. The Bertz CT molecular complexity index is 791. The quantitative estimate of drug-likeness (QED) is 0.877. The lowest BCUT2D eigenvalue weighted by Gasteiger charge is -2.22. The van der Waals surface area contributed by atoms with Crippen LogP contribution in [0.25, 0.3) is 0 Å². The van der Waals surface area contributed by atoms with Crippen molar-refractivity contribution < 1.29 is 23.8 Å². The van der Waals surface area contributed by atoms with Gasteiger partial charge in [-0.15, -0.1) is 0 Å². The van der Waals surface area contributed by atoms with E-state index in [0.717, 1.165) is 0 Å². The number of amides is 1. The van der Waals surface area contributed by atoms with Crippen LogP contribution in [0.4, 0.5) is 0 Å². The molecule has 0 saturated carbocycles. The van der Waals surface area contributed by atoms with Crippen molar-refractivity contribution in [2.75, 3.05) is 14.2 Å². The largest absolute Gasteiger partial charge is 0.503 e. The summed E-state index contributed by atoms with van der Waals surface area (Å²) in [6.07, 6.45) is 1.37. The average molecular weight is 313 g/mol. The number of benzene rings is 1. The second-order valence-corrected chi connectivity index (χ2v) is 5.16. The molecule has 1 aromatic carbocycles. The zero-order valence-electron chi connectivity index (χ0n) is 12.6. The van der Waals surface area contributed by atoms with Crippen LogP contribution >= 0.6 is 0 Å². The summed E-state index contributed by atoms with van der Waals surface area (Å²) in [5, 5.41) is 10.2. The average Bonchev–Trinajstić information content (AvgIpc) is 3.18. The fourth-order valence-electron chi connectivity index (χ4n) is 2.70. The third-order valence-corrected chi connectivity index (χ3v) is 3.84. The topological polar surface area (TPSA) is 80.0 Å². The van der Waals surface area contributed by atoms with Crippen LogP contribution in [-0.4, -0.2) is 35.9 Å². The number of methoxy groups -OCH3 is 1. The van der Waals surface area contributed by atoms with Gasteiger partial charge in [0.1, 0.15) is 5.75 Å². The normalized spacial score (nSPS) is 17.7. The SMILES string of the molecule is COc1cccc(C2C(C(=O)c3ccco3)=C(O)C(=O)N2C)c1. The fraction of sp³-hybridized carbons (Fsp3) is 0.176. The molecule has 0 saturated heterocycles. The Balaban J connectivity index is 2.10. The van der Waals surface area contributed by atoms with Crippen LogP contribution in [0.5, 0.6) is 5.75 Å². The van der Waals surface area contributed by atoms with Crippen molar-refractivity contribution in [3.05, 3.63) is 65.3 Å². The van der Waals surface area contributed by atoms with E-state index >= 15 is 0 Å². The molecule has 1 aromatic heterocycles. The third-order valence-electron chi connectivity index (χ3n) is 3.84. The van der Waals surface area contributed by atoms with Gasteiger partial charge in [-0.1, -0.05) is 12.1 Å². The molecule has 0 spiro atoms. The Morgan fingerprint density at radius 2 is 2.09 bits per heavy atom. The van der Waals surface area contributed by atoms with Crippen molar-refractivity contribution in [3.63, 3.8) is 0 Å². The van der Waals surface area contributed by atoms with Gasteiger partial charge in [-0.25, -0.2) is 0 Å². The van der Waals surface area contributed by atoms with Crippen molar-refractivity contribution in [1.29, 1.82) is 0 Å². The van der Waals surface area contributed by atoms with Gasteiger partial charge in [-0.3, -0.25) is 9.59 Å². The number of likely N-dealkylation sites (N-methyl/N-ethyl adjacent to an activating group) is 1. The number of aliphatic hydroxyl groups excluding tert-OH is 1. The molecule has 6 nitrogen and oxygen atoms in total. The summed E-state index contributed by atoms with van der Waals surface area (Å²) in [5.41, 5.74) is 0.667. The predicted molar refractivity (Wildman–Crippen MR) is 81.2 cm³/mol. The molecule has 3 rings (SSSR count). The Labute approximate surface area is 132 Å². The molecule has 1 unspecified atom stereocenters. The summed E-state index contributed by atoms with van der Waals surface area (Å²) in [6.45, 7) is 0. The number of furan rings is 1. The number of carbonyl (C=O) groups excluding carboxylic acids is 2. The maximum absolute atomic E-state index is 12.6. The standard InChI is InChI=1S/C17H15NO5/c1-18-14(10-5-3-6-11(9-10)22-2)13(16(20)17(18)21)15(19)12-7-4-8-23-12/h3-9,14,20H,1-2H3. The Hall–Kier alpha value is -3.02. The lowest BCUT2D eigenvalue weighted by Crippen LogP contribution is -2.26. The van der Waals surface area contributed by atoms with Crippen molar-refractivity contribution in [1.82, 2.24) is 4.90 Å². The van der Waals surface area contributed by atoms with Gasteiger partial charge in [0.15, 0.2) is 11.5 Å². The number of carbonyl (C=O) groups is 2. The van der Waals surface area contributed by atoms with Gasteiger partial charge in [0, 0.05) is 7.05 Å². The van der Waals surface area contributed by atoms with E-state index in [0.29, 0.717) is 11.3 Å². The van der Waals surface area contributed by atoms with Gasteiger partial charge in [0.05, 0.1) is 25.0 Å². The molecular weight excluding hydrogens is 298 g/mol. The number of nitrogens with zero attached hydrogens (tertiary/aromatic N) is 1. The second kappa shape index (κ2) is 5.64. The summed E-state index contributed by atoms with van der Waals surface area (Å²) in [5.74, 6) is -1.01. The van der Waals surface area contributed by atoms with E-state index in [1.165, 1.54) is 31.4 Å². The molecule has 23 heavy (non-hydrogen) atoms. The van der Waals surface area contributed by atoms with Gasteiger partial charge in [0.2, 0.25) is 5.78 Å². The summed E-state index contributed by atoms with van der Waals surface area (Å²) < 4.78 is 10.3. The fourth-order valence-corrected chi connectivity index (χ4v) is 2.70. The molecule has 2 aromatic rings. The van der Waals surface area contributed by atoms with Crippen molar-refractivity contribution in [3.8, 4) is 5.75 Å². The summed E-state index contributed by atoms with van der Waals surface area (Å²) in [4.78, 5) is 26.1. The number of Topliss-reactive ketones (excluding diaryl/α,β-unsaturated/α-hetero) is 1. The van der Waals surface area contributed by atoms with Gasteiger partial charge in [-0.2, -0.15) is 0 Å². The maximum atomic E-state index is 12.6. The highest BCUT2D eigenvalue weighted by Gasteiger charge is 2.42. The Morgan fingerprint density at radius 3 is 2.74 bits per heavy atom.